The van der Waals surface area contributed by atoms with Gasteiger partial charge in [0.15, 0.2) is 0 Å². The van der Waals surface area contributed by atoms with Gasteiger partial charge in [-0.1, -0.05) is 47.5 Å². The van der Waals surface area contributed by atoms with E-state index < -0.39 is 6.10 Å². The number of benzene rings is 2. The summed E-state index contributed by atoms with van der Waals surface area (Å²) in [7, 11) is 0. The maximum absolute atomic E-state index is 10.7. The van der Waals surface area contributed by atoms with Crippen LogP contribution in [-0.4, -0.2) is 5.11 Å². The second kappa shape index (κ2) is 4.82. The summed E-state index contributed by atoms with van der Waals surface area (Å²) in [6.07, 6.45) is 1.46. The molecule has 2 aromatic carbocycles. The summed E-state index contributed by atoms with van der Waals surface area (Å²) in [5.41, 5.74) is 1.84. The topological polar surface area (TPSA) is 20.2 Å². The normalized spacial score (nSPS) is 18.1. The van der Waals surface area contributed by atoms with E-state index in [1.54, 1.807) is 0 Å². The lowest BCUT2D eigenvalue weighted by Gasteiger charge is -2.23. The fraction of sp³-hybridized carbons (Fsp3) is 0.250. The highest BCUT2D eigenvalue weighted by atomic mass is 35.5. The van der Waals surface area contributed by atoms with Gasteiger partial charge < -0.3 is 5.11 Å². The van der Waals surface area contributed by atoms with Crippen molar-refractivity contribution in [3.63, 3.8) is 0 Å². The van der Waals surface area contributed by atoms with Crippen molar-refractivity contribution in [1.82, 2.24) is 0 Å². The molecule has 1 aliphatic rings. The van der Waals surface area contributed by atoms with Crippen LogP contribution < -0.4 is 0 Å². The number of aliphatic hydroxyl groups excluding tert-OH is 1. The third-order valence-corrected chi connectivity index (χ3v) is 4.38. The molecule has 1 fully saturated rings. The first-order chi connectivity index (χ1) is 9.12. The van der Waals surface area contributed by atoms with Gasteiger partial charge in [-0.2, -0.15) is 0 Å². The van der Waals surface area contributed by atoms with Crippen molar-refractivity contribution in [3.05, 3.63) is 69.7 Å². The van der Waals surface area contributed by atoms with E-state index >= 15 is 0 Å². The number of aliphatic hydroxyl groups is 1. The van der Waals surface area contributed by atoms with Gasteiger partial charge in [-0.25, -0.2) is 0 Å². The lowest BCUT2D eigenvalue weighted by Crippen LogP contribution is -2.18. The van der Waals surface area contributed by atoms with Crippen molar-refractivity contribution >= 4 is 23.2 Å². The molecular weight excluding hydrogens is 279 g/mol. The number of rotatable bonds is 3. The SMILES string of the molecule is OC(c1ccc(Cl)cc1)C1(c2cccc(Cl)c2)CC1. The summed E-state index contributed by atoms with van der Waals surface area (Å²) >= 11 is 11.9. The Morgan fingerprint density at radius 3 is 2.21 bits per heavy atom. The molecule has 0 spiro atoms. The average Bonchev–Trinajstić information content (AvgIpc) is 3.20. The Bertz CT molecular complexity index is 588. The quantitative estimate of drug-likeness (QED) is 0.865. The molecule has 19 heavy (non-hydrogen) atoms. The molecule has 3 heteroatoms. The van der Waals surface area contributed by atoms with Crippen LogP contribution in [0.2, 0.25) is 10.0 Å². The van der Waals surface area contributed by atoms with Crippen molar-refractivity contribution in [3.8, 4) is 0 Å². The summed E-state index contributed by atoms with van der Waals surface area (Å²) in [5.74, 6) is 0. The molecule has 1 atom stereocenters. The molecule has 1 N–H and O–H groups in total. The highest BCUT2D eigenvalue weighted by molar-refractivity contribution is 6.30. The largest absolute Gasteiger partial charge is 0.387 e. The predicted octanol–water partition coefficient (Wildman–Crippen LogP) is 4.76. The lowest BCUT2D eigenvalue weighted by molar-refractivity contribution is 0.133. The highest BCUT2D eigenvalue weighted by Crippen LogP contribution is 2.56. The van der Waals surface area contributed by atoms with Gasteiger partial charge in [-0.3, -0.25) is 0 Å². The van der Waals surface area contributed by atoms with Crippen molar-refractivity contribution in [2.24, 2.45) is 0 Å². The maximum atomic E-state index is 10.7. The van der Waals surface area contributed by atoms with Gasteiger partial charge in [0.2, 0.25) is 0 Å². The van der Waals surface area contributed by atoms with Crippen LogP contribution in [0.3, 0.4) is 0 Å². The van der Waals surface area contributed by atoms with Crippen molar-refractivity contribution < 1.29 is 5.11 Å². The minimum atomic E-state index is -0.511. The van der Waals surface area contributed by atoms with E-state index in [1.165, 1.54) is 0 Å². The van der Waals surface area contributed by atoms with E-state index in [-0.39, 0.29) is 5.41 Å². The zero-order valence-corrected chi connectivity index (χ0v) is 11.8. The monoisotopic (exact) mass is 292 g/mol. The molecular formula is C16H14Cl2O. The third-order valence-electron chi connectivity index (χ3n) is 3.90. The highest BCUT2D eigenvalue weighted by Gasteiger charge is 2.50. The van der Waals surface area contributed by atoms with Crippen LogP contribution in [0.15, 0.2) is 48.5 Å². The first-order valence-corrected chi connectivity index (χ1v) is 7.07. The van der Waals surface area contributed by atoms with Crippen molar-refractivity contribution in [2.75, 3.05) is 0 Å². The van der Waals surface area contributed by atoms with Crippen molar-refractivity contribution in [1.29, 1.82) is 0 Å². The van der Waals surface area contributed by atoms with Gasteiger partial charge in [-0.15, -0.1) is 0 Å². The van der Waals surface area contributed by atoms with Crippen LogP contribution in [0.1, 0.15) is 30.1 Å². The standard InChI is InChI=1S/C16H14Cl2O/c17-13-6-4-11(5-7-13)15(19)16(8-9-16)12-2-1-3-14(18)10-12/h1-7,10,15,19H,8-9H2. The molecule has 0 bridgehead atoms. The Kier molecular flexibility index (Phi) is 3.30. The Morgan fingerprint density at radius 2 is 1.63 bits per heavy atom. The summed E-state index contributed by atoms with van der Waals surface area (Å²) in [6, 6.07) is 15.2. The van der Waals surface area contributed by atoms with Gasteiger partial charge in [-0.05, 0) is 48.2 Å². The molecule has 1 unspecified atom stereocenters. The van der Waals surface area contributed by atoms with E-state index in [0.717, 1.165) is 24.0 Å². The molecule has 1 nitrogen and oxygen atoms in total. The van der Waals surface area contributed by atoms with Crippen molar-refractivity contribution in [2.45, 2.75) is 24.4 Å². The molecule has 0 heterocycles. The van der Waals surface area contributed by atoms with Crippen LogP contribution in [0.25, 0.3) is 0 Å². The Hall–Kier alpha value is -1.02. The second-order valence-corrected chi connectivity index (χ2v) is 5.99. The molecule has 1 aliphatic carbocycles. The zero-order valence-electron chi connectivity index (χ0n) is 10.3. The predicted molar refractivity (Wildman–Crippen MR) is 78.8 cm³/mol. The summed E-state index contributed by atoms with van der Waals surface area (Å²) in [5, 5.41) is 12.1. The summed E-state index contributed by atoms with van der Waals surface area (Å²) in [4.78, 5) is 0. The molecule has 0 radical (unpaired) electrons. The smallest absolute Gasteiger partial charge is 0.0886 e. The van der Waals surface area contributed by atoms with E-state index in [0.29, 0.717) is 10.0 Å². The van der Waals surface area contributed by atoms with Crippen LogP contribution in [0.5, 0.6) is 0 Å². The average molecular weight is 293 g/mol. The van der Waals surface area contributed by atoms with Gasteiger partial charge in [0.1, 0.15) is 0 Å². The van der Waals surface area contributed by atoms with Gasteiger partial charge in [0.05, 0.1) is 6.10 Å². The van der Waals surface area contributed by atoms with Crippen LogP contribution in [0, 0.1) is 0 Å². The second-order valence-electron chi connectivity index (χ2n) is 5.12. The fourth-order valence-electron chi connectivity index (χ4n) is 2.62. The minimum Gasteiger partial charge on any atom is -0.387 e. The molecule has 0 aliphatic heterocycles. The zero-order chi connectivity index (χ0) is 13.5. The lowest BCUT2D eigenvalue weighted by atomic mass is 9.86. The van der Waals surface area contributed by atoms with Gasteiger partial charge >= 0.3 is 0 Å². The van der Waals surface area contributed by atoms with E-state index in [2.05, 4.69) is 0 Å². The molecule has 2 aromatic rings. The number of hydrogen-bond acceptors (Lipinski definition) is 1. The Labute approximate surface area is 122 Å². The molecule has 3 rings (SSSR count). The van der Waals surface area contributed by atoms with Crippen LogP contribution >= 0.6 is 23.2 Å². The molecule has 98 valence electrons. The molecule has 1 saturated carbocycles. The Morgan fingerprint density at radius 1 is 0.947 bits per heavy atom. The first kappa shape index (κ1) is 13.0. The minimum absolute atomic E-state index is 0.182. The van der Waals surface area contributed by atoms with Gasteiger partial charge in [0, 0.05) is 15.5 Å². The number of halogens is 2. The summed E-state index contributed by atoms with van der Waals surface area (Å²) in [6.45, 7) is 0. The van der Waals surface area contributed by atoms with E-state index in [1.807, 2.05) is 48.5 Å². The maximum Gasteiger partial charge on any atom is 0.0886 e. The van der Waals surface area contributed by atoms with Crippen LogP contribution in [-0.2, 0) is 5.41 Å². The third kappa shape index (κ3) is 2.38. The Balaban J connectivity index is 1.94. The van der Waals surface area contributed by atoms with Gasteiger partial charge in [0.25, 0.3) is 0 Å². The summed E-state index contributed by atoms with van der Waals surface area (Å²) < 4.78 is 0. The molecule has 0 amide bonds. The van der Waals surface area contributed by atoms with E-state index in [4.69, 9.17) is 23.2 Å². The van der Waals surface area contributed by atoms with E-state index in [9.17, 15) is 5.11 Å². The first-order valence-electron chi connectivity index (χ1n) is 6.31. The number of hydrogen-bond donors (Lipinski definition) is 1. The molecule has 0 aromatic heterocycles. The van der Waals surface area contributed by atoms with Crippen LogP contribution in [0.4, 0.5) is 0 Å². The molecule has 0 saturated heterocycles. The fourth-order valence-corrected chi connectivity index (χ4v) is 2.93.